The molecule has 0 spiro atoms. The van der Waals surface area contributed by atoms with Crippen molar-refractivity contribution in [3.8, 4) is 0 Å². The number of halogens is 1. The van der Waals surface area contributed by atoms with Gasteiger partial charge in [0.2, 0.25) is 15.0 Å². The van der Waals surface area contributed by atoms with Crippen LogP contribution < -0.4 is 0 Å². The summed E-state index contributed by atoms with van der Waals surface area (Å²) in [5.41, 5.74) is 0.550. The normalized spacial score (nSPS) is 16.3. The van der Waals surface area contributed by atoms with E-state index in [0.29, 0.717) is 36.5 Å². The van der Waals surface area contributed by atoms with E-state index < -0.39 is 15.1 Å². The lowest BCUT2D eigenvalue weighted by Crippen LogP contribution is -2.42. The molecule has 7 nitrogen and oxygen atoms in total. The number of piperidine rings is 1. The highest BCUT2D eigenvalue weighted by molar-refractivity contribution is 7.91. The molecule has 24 heavy (non-hydrogen) atoms. The Bertz CT molecular complexity index is 840. The van der Waals surface area contributed by atoms with Gasteiger partial charge in [0, 0.05) is 30.7 Å². The molecular weight excluding hydrogens is 352 g/mol. The molecule has 1 fully saturated rings. The summed E-state index contributed by atoms with van der Waals surface area (Å²) in [6, 6.07) is 6.68. The fourth-order valence-corrected chi connectivity index (χ4v) is 4.69. The monoisotopic (exact) mass is 368 g/mol. The van der Waals surface area contributed by atoms with Gasteiger partial charge in [-0.25, -0.2) is 8.42 Å². The van der Waals surface area contributed by atoms with Crippen molar-refractivity contribution in [2.24, 2.45) is 7.05 Å². The Balaban J connectivity index is 1.69. The molecular formula is C15H17ClN4O3S. The van der Waals surface area contributed by atoms with Crippen molar-refractivity contribution in [1.82, 2.24) is 19.7 Å². The van der Waals surface area contributed by atoms with Gasteiger partial charge in [-0.05, 0) is 37.1 Å². The first-order valence-electron chi connectivity index (χ1n) is 7.52. The van der Waals surface area contributed by atoms with Gasteiger partial charge in [-0.2, -0.15) is 0 Å². The fourth-order valence-electron chi connectivity index (χ4n) is 2.82. The van der Waals surface area contributed by atoms with Crippen molar-refractivity contribution in [2.75, 3.05) is 13.1 Å². The second kappa shape index (κ2) is 6.52. The summed E-state index contributed by atoms with van der Waals surface area (Å²) in [4.78, 5) is 14.1. The van der Waals surface area contributed by atoms with E-state index in [-0.39, 0.29) is 11.1 Å². The van der Waals surface area contributed by atoms with Gasteiger partial charge in [0.05, 0.1) is 5.25 Å². The van der Waals surface area contributed by atoms with Crippen LogP contribution in [0.25, 0.3) is 0 Å². The highest BCUT2D eigenvalue weighted by atomic mass is 35.5. The molecule has 1 saturated heterocycles. The van der Waals surface area contributed by atoms with Gasteiger partial charge in [0.25, 0.3) is 5.91 Å². The third-order valence-electron chi connectivity index (χ3n) is 4.18. The minimum Gasteiger partial charge on any atom is -0.339 e. The summed E-state index contributed by atoms with van der Waals surface area (Å²) in [7, 11) is -1.93. The second-order valence-corrected chi connectivity index (χ2v) is 8.33. The maximum Gasteiger partial charge on any atom is 0.253 e. The van der Waals surface area contributed by atoms with Crippen LogP contribution in [0.4, 0.5) is 0 Å². The standard InChI is InChI=1S/C15H17ClN4O3S/c1-19-10-17-18-15(19)24(22,23)13-6-8-20(9-7-13)14(21)11-2-4-12(16)5-3-11/h2-5,10,13H,6-9H2,1H3. The molecule has 2 heterocycles. The highest BCUT2D eigenvalue weighted by Crippen LogP contribution is 2.24. The quantitative estimate of drug-likeness (QED) is 0.820. The number of nitrogens with zero attached hydrogens (tertiary/aromatic N) is 4. The van der Waals surface area contributed by atoms with Crippen LogP contribution in [0, 0.1) is 0 Å². The first-order chi connectivity index (χ1) is 11.4. The predicted molar refractivity (Wildman–Crippen MR) is 88.6 cm³/mol. The number of sulfone groups is 1. The van der Waals surface area contributed by atoms with Crippen LogP contribution in [0.2, 0.25) is 5.02 Å². The maximum atomic E-state index is 12.6. The number of aryl methyl sites for hydroxylation is 1. The minimum atomic E-state index is -3.53. The number of rotatable bonds is 3. The van der Waals surface area contributed by atoms with Crippen LogP contribution in [-0.4, -0.2) is 52.3 Å². The number of hydrogen-bond acceptors (Lipinski definition) is 5. The first kappa shape index (κ1) is 16.9. The zero-order valence-electron chi connectivity index (χ0n) is 13.1. The van der Waals surface area contributed by atoms with Gasteiger partial charge < -0.3 is 9.47 Å². The Morgan fingerprint density at radius 3 is 2.38 bits per heavy atom. The van der Waals surface area contributed by atoms with E-state index >= 15 is 0 Å². The molecule has 0 saturated carbocycles. The lowest BCUT2D eigenvalue weighted by atomic mass is 10.1. The van der Waals surface area contributed by atoms with E-state index in [1.165, 1.54) is 10.9 Å². The summed E-state index contributed by atoms with van der Waals surface area (Å²) < 4.78 is 26.6. The molecule has 3 rings (SSSR count). The Morgan fingerprint density at radius 1 is 1.21 bits per heavy atom. The lowest BCUT2D eigenvalue weighted by Gasteiger charge is -2.31. The minimum absolute atomic E-state index is 0.0232. The molecule has 2 aromatic rings. The van der Waals surface area contributed by atoms with Gasteiger partial charge in [0.15, 0.2) is 0 Å². The fraction of sp³-hybridized carbons (Fsp3) is 0.400. The summed E-state index contributed by atoms with van der Waals surface area (Å²) in [5.74, 6) is -0.110. The Labute approximate surface area is 145 Å². The molecule has 128 valence electrons. The second-order valence-electron chi connectivity index (χ2n) is 5.77. The molecule has 1 aromatic heterocycles. The van der Waals surface area contributed by atoms with Gasteiger partial charge in [-0.15, -0.1) is 10.2 Å². The summed E-state index contributed by atoms with van der Waals surface area (Å²) >= 11 is 5.83. The van der Waals surface area contributed by atoms with Crippen molar-refractivity contribution < 1.29 is 13.2 Å². The van der Waals surface area contributed by atoms with Gasteiger partial charge in [-0.3, -0.25) is 4.79 Å². The van der Waals surface area contributed by atoms with E-state index in [9.17, 15) is 13.2 Å². The third-order valence-corrected chi connectivity index (χ3v) is 6.66. The molecule has 1 aliphatic rings. The molecule has 0 aliphatic carbocycles. The molecule has 0 bridgehead atoms. The Kier molecular flexibility index (Phi) is 4.60. The van der Waals surface area contributed by atoms with Gasteiger partial charge in [-0.1, -0.05) is 11.6 Å². The Hall–Kier alpha value is -1.93. The van der Waals surface area contributed by atoms with E-state index in [0.717, 1.165) is 0 Å². The molecule has 0 radical (unpaired) electrons. The molecule has 1 aromatic carbocycles. The topological polar surface area (TPSA) is 85.2 Å². The molecule has 9 heteroatoms. The van der Waals surface area contributed by atoms with Crippen molar-refractivity contribution >= 4 is 27.3 Å². The highest BCUT2D eigenvalue weighted by Gasteiger charge is 2.35. The first-order valence-corrected chi connectivity index (χ1v) is 9.45. The summed E-state index contributed by atoms with van der Waals surface area (Å²) in [6.45, 7) is 0.784. The maximum absolute atomic E-state index is 12.6. The Morgan fingerprint density at radius 2 is 1.83 bits per heavy atom. The summed E-state index contributed by atoms with van der Waals surface area (Å²) in [6.07, 6.45) is 2.13. The number of carbonyl (C=O) groups excluding carboxylic acids is 1. The SMILES string of the molecule is Cn1cnnc1S(=O)(=O)C1CCN(C(=O)c2ccc(Cl)cc2)CC1. The predicted octanol–water partition coefficient (Wildman–Crippen LogP) is 1.55. The molecule has 0 atom stereocenters. The van der Waals surface area contributed by atoms with Crippen molar-refractivity contribution in [2.45, 2.75) is 23.2 Å². The third kappa shape index (κ3) is 3.16. The van der Waals surface area contributed by atoms with Gasteiger partial charge >= 0.3 is 0 Å². The summed E-state index contributed by atoms with van der Waals surface area (Å²) in [5, 5.41) is 7.34. The van der Waals surface area contributed by atoms with Crippen LogP contribution in [0.3, 0.4) is 0 Å². The average molecular weight is 369 g/mol. The van der Waals surface area contributed by atoms with Gasteiger partial charge in [0.1, 0.15) is 6.33 Å². The smallest absolute Gasteiger partial charge is 0.253 e. The molecule has 0 unspecified atom stereocenters. The van der Waals surface area contributed by atoms with E-state index in [4.69, 9.17) is 11.6 Å². The van der Waals surface area contributed by atoms with E-state index in [1.54, 1.807) is 36.2 Å². The van der Waals surface area contributed by atoms with E-state index in [1.807, 2.05) is 0 Å². The van der Waals surface area contributed by atoms with E-state index in [2.05, 4.69) is 10.2 Å². The van der Waals surface area contributed by atoms with Crippen molar-refractivity contribution in [3.05, 3.63) is 41.2 Å². The largest absolute Gasteiger partial charge is 0.339 e. The number of carbonyl (C=O) groups is 1. The van der Waals surface area contributed by atoms with Crippen molar-refractivity contribution in [3.63, 3.8) is 0 Å². The number of benzene rings is 1. The average Bonchev–Trinajstić information content (AvgIpc) is 3.02. The molecule has 1 aliphatic heterocycles. The van der Waals surface area contributed by atoms with Crippen LogP contribution in [0.5, 0.6) is 0 Å². The lowest BCUT2D eigenvalue weighted by molar-refractivity contribution is 0.0725. The van der Waals surface area contributed by atoms with Crippen molar-refractivity contribution in [1.29, 1.82) is 0 Å². The number of hydrogen-bond donors (Lipinski definition) is 0. The zero-order valence-corrected chi connectivity index (χ0v) is 14.7. The van der Waals surface area contributed by atoms with Crippen LogP contribution in [-0.2, 0) is 16.9 Å². The van der Waals surface area contributed by atoms with Crippen LogP contribution >= 0.6 is 11.6 Å². The number of aromatic nitrogens is 3. The van der Waals surface area contributed by atoms with Crippen LogP contribution in [0.15, 0.2) is 35.7 Å². The molecule has 0 N–H and O–H groups in total. The molecule has 1 amide bonds. The number of likely N-dealkylation sites (tertiary alicyclic amines) is 1. The number of amides is 1. The van der Waals surface area contributed by atoms with Crippen LogP contribution in [0.1, 0.15) is 23.2 Å². The zero-order chi connectivity index (χ0) is 17.3.